The van der Waals surface area contributed by atoms with Crippen LogP contribution >= 0.6 is 11.8 Å². The summed E-state index contributed by atoms with van der Waals surface area (Å²) in [5.41, 5.74) is 0. The van der Waals surface area contributed by atoms with Crippen molar-refractivity contribution in [2.75, 3.05) is 5.75 Å². The molecule has 0 N–H and O–H groups in total. The molecular weight excluding hydrogens is 215 g/mol. The lowest BCUT2D eigenvalue weighted by atomic mass is 10.2. The summed E-state index contributed by atoms with van der Waals surface area (Å²) in [4.78, 5) is 3.74. The Morgan fingerprint density at radius 1 is 1.50 bits per heavy atom. The Morgan fingerprint density at radius 2 is 2.14 bits per heavy atom. The van der Waals surface area contributed by atoms with Gasteiger partial charge < -0.3 is 4.42 Å². The van der Waals surface area contributed by atoms with E-state index in [1.165, 1.54) is 6.20 Å². The molecule has 14 heavy (non-hydrogen) atoms. The van der Waals surface area contributed by atoms with Crippen molar-refractivity contribution >= 4 is 11.8 Å². The second-order valence-corrected chi connectivity index (χ2v) is 4.01. The summed E-state index contributed by atoms with van der Waals surface area (Å²) >= 11 is 0.563. The molecule has 6 heteroatoms. The van der Waals surface area contributed by atoms with Crippen molar-refractivity contribution in [2.24, 2.45) is 0 Å². The fourth-order valence-electron chi connectivity index (χ4n) is 0.747. The van der Waals surface area contributed by atoms with Gasteiger partial charge in [0.25, 0.3) is 5.22 Å². The van der Waals surface area contributed by atoms with Crippen LogP contribution in [0.3, 0.4) is 0 Å². The molecule has 0 aliphatic rings. The highest BCUT2D eigenvalue weighted by Crippen LogP contribution is 2.28. The van der Waals surface area contributed by atoms with Crippen molar-refractivity contribution in [1.29, 1.82) is 0 Å². The van der Waals surface area contributed by atoms with Crippen LogP contribution in [0.2, 0.25) is 0 Å². The molecule has 0 saturated carbocycles. The highest BCUT2D eigenvalue weighted by atomic mass is 32.2. The van der Waals surface area contributed by atoms with Crippen LogP contribution in [-0.2, 0) is 0 Å². The van der Waals surface area contributed by atoms with Gasteiger partial charge in [-0.05, 0) is 0 Å². The van der Waals surface area contributed by atoms with E-state index in [1.54, 1.807) is 0 Å². The van der Waals surface area contributed by atoms with E-state index in [4.69, 9.17) is 4.42 Å². The molecule has 0 amide bonds. The molecule has 1 aromatic rings. The van der Waals surface area contributed by atoms with Gasteiger partial charge in [-0.3, -0.25) is 0 Å². The van der Waals surface area contributed by atoms with Gasteiger partial charge in [-0.2, -0.15) is 13.2 Å². The van der Waals surface area contributed by atoms with Crippen molar-refractivity contribution in [1.82, 2.24) is 4.98 Å². The Morgan fingerprint density at radius 3 is 2.57 bits per heavy atom. The average Bonchev–Trinajstić information content (AvgIpc) is 2.47. The molecule has 0 spiro atoms. The van der Waals surface area contributed by atoms with E-state index in [9.17, 15) is 13.2 Å². The fourth-order valence-corrected chi connectivity index (χ4v) is 1.32. The third-order valence-corrected chi connectivity index (χ3v) is 2.34. The third kappa shape index (κ3) is 3.61. The van der Waals surface area contributed by atoms with Gasteiger partial charge in [-0.15, -0.1) is 0 Å². The average molecular weight is 225 g/mol. The first-order valence-electron chi connectivity index (χ1n) is 4.04. The van der Waals surface area contributed by atoms with Gasteiger partial charge in [0, 0.05) is 5.92 Å². The number of oxazole rings is 1. The maximum absolute atomic E-state index is 11.8. The van der Waals surface area contributed by atoms with E-state index < -0.39 is 11.9 Å². The normalized spacial score (nSPS) is 12.4. The van der Waals surface area contributed by atoms with Crippen molar-refractivity contribution in [2.45, 2.75) is 31.2 Å². The predicted octanol–water partition coefficient (Wildman–Crippen LogP) is 3.45. The molecule has 0 fully saturated rings. The second-order valence-electron chi connectivity index (χ2n) is 3.09. The molecule has 0 atom stereocenters. The number of nitrogens with zero attached hydrogens (tertiary/aromatic N) is 1. The maximum Gasteiger partial charge on any atom is 0.398 e. The molecule has 1 heterocycles. The Labute approximate surface area is 83.9 Å². The first-order valence-corrected chi connectivity index (χ1v) is 5.02. The Balaban J connectivity index is 2.52. The van der Waals surface area contributed by atoms with E-state index in [-0.39, 0.29) is 11.1 Å². The van der Waals surface area contributed by atoms with Crippen LogP contribution in [0.1, 0.15) is 25.5 Å². The van der Waals surface area contributed by atoms with Crippen LogP contribution in [0.5, 0.6) is 0 Å². The van der Waals surface area contributed by atoms with Crippen molar-refractivity contribution in [3.63, 3.8) is 0 Å². The zero-order valence-corrected chi connectivity index (χ0v) is 8.58. The van der Waals surface area contributed by atoms with E-state index in [0.717, 1.165) is 0 Å². The van der Waals surface area contributed by atoms with Gasteiger partial charge in [-0.1, -0.05) is 25.6 Å². The topological polar surface area (TPSA) is 26.0 Å². The molecule has 80 valence electrons. The summed E-state index contributed by atoms with van der Waals surface area (Å²) in [7, 11) is 0. The largest absolute Gasteiger partial charge is 0.436 e. The number of halogens is 3. The summed E-state index contributed by atoms with van der Waals surface area (Å²) in [6, 6.07) is 0. The maximum atomic E-state index is 11.8. The van der Waals surface area contributed by atoms with E-state index >= 15 is 0 Å². The number of thioether (sulfide) groups is 1. The highest BCUT2D eigenvalue weighted by molar-refractivity contribution is 7.99. The Bertz CT molecular complexity index is 295. The number of hydrogen-bond donors (Lipinski definition) is 0. The fraction of sp³-hybridized carbons (Fsp3) is 0.625. The molecule has 1 aromatic heterocycles. The van der Waals surface area contributed by atoms with Crippen LogP contribution in [0.25, 0.3) is 0 Å². The molecule has 0 bridgehead atoms. The van der Waals surface area contributed by atoms with Gasteiger partial charge in [-0.25, -0.2) is 4.98 Å². The molecule has 1 rings (SSSR count). The van der Waals surface area contributed by atoms with Gasteiger partial charge in [0.15, 0.2) is 0 Å². The molecule has 2 nitrogen and oxygen atoms in total. The monoisotopic (exact) mass is 225 g/mol. The molecule has 0 aliphatic carbocycles. The van der Waals surface area contributed by atoms with Crippen molar-refractivity contribution < 1.29 is 17.6 Å². The third-order valence-electron chi connectivity index (χ3n) is 1.43. The number of alkyl halides is 3. The van der Waals surface area contributed by atoms with Crippen LogP contribution in [0.15, 0.2) is 15.8 Å². The Hall–Kier alpha value is -0.650. The zero-order chi connectivity index (χ0) is 10.8. The number of rotatable bonds is 3. The molecule has 0 radical (unpaired) electrons. The van der Waals surface area contributed by atoms with Gasteiger partial charge in [0.1, 0.15) is 5.76 Å². The van der Waals surface area contributed by atoms with Crippen LogP contribution < -0.4 is 0 Å². The summed E-state index contributed by atoms with van der Waals surface area (Å²) in [5, 5.41) is 0.0750. The first-order chi connectivity index (χ1) is 6.38. The minimum atomic E-state index is -4.18. The molecule has 0 saturated heterocycles. The predicted molar refractivity (Wildman–Crippen MR) is 47.4 cm³/mol. The quantitative estimate of drug-likeness (QED) is 0.737. The van der Waals surface area contributed by atoms with E-state index in [0.29, 0.717) is 17.5 Å². The molecular formula is C8H10F3NOS. The molecule has 0 aromatic carbocycles. The SMILES string of the molecule is CC(C)c1cnc(SCC(F)(F)F)o1. The number of aromatic nitrogens is 1. The van der Waals surface area contributed by atoms with E-state index in [1.807, 2.05) is 13.8 Å². The summed E-state index contributed by atoms with van der Waals surface area (Å²) in [5.74, 6) is -0.220. The van der Waals surface area contributed by atoms with Crippen molar-refractivity contribution in [3.8, 4) is 0 Å². The van der Waals surface area contributed by atoms with Gasteiger partial charge in [0.05, 0.1) is 11.9 Å². The number of hydrogen-bond acceptors (Lipinski definition) is 3. The molecule has 0 aliphatic heterocycles. The second kappa shape index (κ2) is 4.25. The smallest absolute Gasteiger partial charge is 0.398 e. The van der Waals surface area contributed by atoms with Gasteiger partial charge in [0.2, 0.25) is 0 Å². The van der Waals surface area contributed by atoms with Crippen LogP contribution in [0, 0.1) is 0 Å². The minimum Gasteiger partial charge on any atom is -0.436 e. The highest BCUT2D eigenvalue weighted by Gasteiger charge is 2.28. The summed E-state index contributed by atoms with van der Waals surface area (Å²) < 4.78 is 40.5. The lowest BCUT2D eigenvalue weighted by Gasteiger charge is -2.02. The minimum absolute atomic E-state index is 0.0750. The summed E-state index contributed by atoms with van der Waals surface area (Å²) in [6.45, 7) is 3.78. The van der Waals surface area contributed by atoms with Gasteiger partial charge >= 0.3 is 6.18 Å². The van der Waals surface area contributed by atoms with Crippen molar-refractivity contribution in [3.05, 3.63) is 12.0 Å². The first kappa shape index (κ1) is 11.4. The van der Waals surface area contributed by atoms with Crippen LogP contribution in [0.4, 0.5) is 13.2 Å². The summed E-state index contributed by atoms with van der Waals surface area (Å²) in [6.07, 6.45) is -2.72. The lowest BCUT2D eigenvalue weighted by Crippen LogP contribution is -2.10. The standard InChI is InChI=1S/C8H10F3NOS/c1-5(2)6-3-12-7(13-6)14-4-8(9,10)11/h3,5H,4H2,1-2H3. The zero-order valence-electron chi connectivity index (χ0n) is 7.76. The van der Waals surface area contributed by atoms with E-state index in [2.05, 4.69) is 4.98 Å². The molecule has 0 unspecified atom stereocenters. The Kier molecular flexibility index (Phi) is 3.47. The van der Waals surface area contributed by atoms with Crippen LogP contribution in [-0.4, -0.2) is 16.9 Å². The lowest BCUT2D eigenvalue weighted by molar-refractivity contribution is -0.105.